The van der Waals surface area contributed by atoms with Crippen molar-refractivity contribution >= 4 is 18.3 Å². The quantitative estimate of drug-likeness (QED) is 0.882. The van der Waals surface area contributed by atoms with Crippen LogP contribution in [0.2, 0.25) is 0 Å². The molecule has 2 aromatic rings. The second kappa shape index (κ2) is 8.42. The molecule has 6 nitrogen and oxygen atoms in total. The van der Waals surface area contributed by atoms with Gasteiger partial charge >= 0.3 is 0 Å². The summed E-state index contributed by atoms with van der Waals surface area (Å²) in [5.74, 6) is -0.116. The lowest BCUT2D eigenvalue weighted by atomic mass is 9.92. The largest absolute Gasteiger partial charge is 0.333 e. The molecule has 0 bridgehead atoms. The molecule has 2 unspecified atom stereocenters. The van der Waals surface area contributed by atoms with E-state index in [4.69, 9.17) is 5.73 Å². The maximum Gasteiger partial charge on any atom is 0.274 e. The van der Waals surface area contributed by atoms with Crippen molar-refractivity contribution in [2.45, 2.75) is 25.8 Å². The number of carbonyl (C=O) groups is 1. The summed E-state index contributed by atoms with van der Waals surface area (Å²) in [6, 6.07) is 8.09. The number of carbonyl (C=O) groups excluding carboxylic acids is 1. The van der Waals surface area contributed by atoms with Gasteiger partial charge < -0.3 is 10.6 Å². The van der Waals surface area contributed by atoms with E-state index < -0.39 is 5.82 Å². The SMILES string of the molecule is CC1CCN(C(=O)c2ccc(=O)n(-c3ccc(F)cc3)n2)C(CN)C1.Cl. The number of nitrogens with two attached hydrogens (primary N) is 1. The second-order valence-electron chi connectivity index (χ2n) is 6.46. The first-order chi connectivity index (χ1) is 12.0. The van der Waals surface area contributed by atoms with Gasteiger partial charge in [0.05, 0.1) is 5.69 Å². The third-order valence-electron chi connectivity index (χ3n) is 4.60. The topological polar surface area (TPSA) is 81.2 Å². The van der Waals surface area contributed by atoms with Crippen LogP contribution < -0.4 is 11.3 Å². The zero-order chi connectivity index (χ0) is 18.0. The van der Waals surface area contributed by atoms with Crippen LogP contribution in [0.15, 0.2) is 41.2 Å². The molecule has 2 N–H and O–H groups in total. The number of benzene rings is 1. The lowest BCUT2D eigenvalue weighted by Crippen LogP contribution is -2.49. The number of piperidine rings is 1. The first-order valence-corrected chi connectivity index (χ1v) is 8.37. The average Bonchev–Trinajstić information content (AvgIpc) is 2.62. The number of rotatable bonds is 3. The number of nitrogens with zero attached hydrogens (tertiary/aromatic N) is 3. The van der Waals surface area contributed by atoms with E-state index in [-0.39, 0.29) is 35.6 Å². The molecule has 2 heterocycles. The van der Waals surface area contributed by atoms with Gasteiger partial charge in [0, 0.05) is 25.2 Å². The molecule has 1 aromatic carbocycles. The highest BCUT2D eigenvalue weighted by Crippen LogP contribution is 2.23. The monoisotopic (exact) mass is 380 g/mol. The molecule has 1 saturated heterocycles. The Kier molecular flexibility index (Phi) is 6.50. The minimum absolute atomic E-state index is 0. The third-order valence-corrected chi connectivity index (χ3v) is 4.60. The van der Waals surface area contributed by atoms with Crippen LogP contribution in [0.25, 0.3) is 5.69 Å². The highest BCUT2D eigenvalue weighted by atomic mass is 35.5. The minimum Gasteiger partial charge on any atom is -0.333 e. The molecular formula is C18H22ClFN4O2. The summed E-state index contributed by atoms with van der Waals surface area (Å²) in [4.78, 5) is 26.7. The second-order valence-corrected chi connectivity index (χ2v) is 6.46. The molecular weight excluding hydrogens is 359 g/mol. The normalized spacial score (nSPS) is 19.7. The van der Waals surface area contributed by atoms with Crippen LogP contribution in [0.4, 0.5) is 4.39 Å². The lowest BCUT2D eigenvalue weighted by molar-refractivity contribution is 0.0565. The van der Waals surface area contributed by atoms with Crippen molar-refractivity contribution in [3.05, 3.63) is 58.3 Å². The van der Waals surface area contributed by atoms with E-state index in [0.29, 0.717) is 24.7 Å². The van der Waals surface area contributed by atoms with Gasteiger partial charge in [-0.2, -0.15) is 9.78 Å². The number of hydrogen-bond donors (Lipinski definition) is 1. The molecule has 1 aliphatic rings. The Balaban J connectivity index is 0.00000243. The van der Waals surface area contributed by atoms with Gasteiger partial charge in [-0.25, -0.2) is 4.39 Å². The van der Waals surface area contributed by atoms with Crippen LogP contribution in [-0.4, -0.2) is 39.7 Å². The van der Waals surface area contributed by atoms with Gasteiger partial charge in [0.1, 0.15) is 11.5 Å². The molecule has 3 rings (SSSR count). The maximum atomic E-state index is 13.1. The van der Waals surface area contributed by atoms with E-state index in [1.165, 1.54) is 36.4 Å². The van der Waals surface area contributed by atoms with E-state index in [1.807, 2.05) is 0 Å². The Bertz CT molecular complexity index is 825. The van der Waals surface area contributed by atoms with Crippen LogP contribution in [0.5, 0.6) is 0 Å². The molecule has 0 spiro atoms. The molecule has 1 aliphatic heterocycles. The predicted molar refractivity (Wildman–Crippen MR) is 99.3 cm³/mol. The number of halogens is 2. The molecule has 1 aromatic heterocycles. The van der Waals surface area contributed by atoms with Crippen molar-refractivity contribution in [1.82, 2.24) is 14.7 Å². The standard InChI is InChI=1S/C18H21FN4O2.ClH/c1-12-8-9-22(15(10-12)11-20)18(25)16-6-7-17(24)23(21-16)14-4-2-13(19)3-5-14;/h2-7,12,15H,8-11,20H2,1H3;1H. The molecule has 0 saturated carbocycles. The van der Waals surface area contributed by atoms with Crippen molar-refractivity contribution in [2.24, 2.45) is 11.7 Å². The molecule has 26 heavy (non-hydrogen) atoms. The Morgan fingerprint density at radius 1 is 1.27 bits per heavy atom. The number of hydrogen-bond acceptors (Lipinski definition) is 4. The Labute approximate surface area is 157 Å². The van der Waals surface area contributed by atoms with Gasteiger partial charge in [0.15, 0.2) is 0 Å². The molecule has 1 fully saturated rings. The first-order valence-electron chi connectivity index (χ1n) is 8.37. The van der Waals surface area contributed by atoms with Gasteiger partial charge in [-0.15, -0.1) is 12.4 Å². The molecule has 8 heteroatoms. The summed E-state index contributed by atoms with van der Waals surface area (Å²) in [7, 11) is 0. The summed E-state index contributed by atoms with van der Waals surface area (Å²) >= 11 is 0. The molecule has 140 valence electrons. The predicted octanol–water partition coefficient (Wildman–Crippen LogP) is 1.99. The van der Waals surface area contributed by atoms with Gasteiger partial charge in [0.2, 0.25) is 0 Å². The van der Waals surface area contributed by atoms with Crippen molar-refractivity contribution in [3.63, 3.8) is 0 Å². The van der Waals surface area contributed by atoms with Crippen molar-refractivity contribution in [3.8, 4) is 5.69 Å². The highest BCUT2D eigenvalue weighted by Gasteiger charge is 2.30. The van der Waals surface area contributed by atoms with E-state index in [2.05, 4.69) is 12.0 Å². The summed E-state index contributed by atoms with van der Waals surface area (Å²) in [5.41, 5.74) is 6.03. The molecule has 0 aliphatic carbocycles. The van der Waals surface area contributed by atoms with Crippen molar-refractivity contribution in [2.75, 3.05) is 13.1 Å². The van der Waals surface area contributed by atoms with Crippen LogP contribution in [0.1, 0.15) is 30.3 Å². The van der Waals surface area contributed by atoms with Crippen molar-refractivity contribution in [1.29, 1.82) is 0 Å². The Morgan fingerprint density at radius 2 is 1.96 bits per heavy atom. The zero-order valence-electron chi connectivity index (χ0n) is 14.5. The molecule has 2 atom stereocenters. The van der Waals surface area contributed by atoms with Gasteiger partial charge in [-0.05, 0) is 49.1 Å². The number of amides is 1. The summed E-state index contributed by atoms with van der Waals surface area (Å²) in [6.45, 7) is 3.17. The van der Waals surface area contributed by atoms with Crippen LogP contribution >= 0.6 is 12.4 Å². The first kappa shape index (κ1) is 20.1. The summed E-state index contributed by atoms with van der Waals surface area (Å²) in [5, 5.41) is 4.18. The fourth-order valence-corrected chi connectivity index (χ4v) is 3.18. The van der Waals surface area contributed by atoms with E-state index in [9.17, 15) is 14.0 Å². The van der Waals surface area contributed by atoms with Crippen LogP contribution in [-0.2, 0) is 0 Å². The van der Waals surface area contributed by atoms with Crippen LogP contribution in [0.3, 0.4) is 0 Å². The molecule has 1 amide bonds. The van der Waals surface area contributed by atoms with E-state index in [1.54, 1.807) is 4.90 Å². The van der Waals surface area contributed by atoms with Crippen molar-refractivity contribution < 1.29 is 9.18 Å². The Hall–Kier alpha value is -2.25. The molecule has 0 radical (unpaired) electrons. The smallest absolute Gasteiger partial charge is 0.274 e. The van der Waals surface area contributed by atoms with E-state index in [0.717, 1.165) is 17.5 Å². The third kappa shape index (κ3) is 4.11. The highest BCUT2D eigenvalue weighted by molar-refractivity contribution is 5.92. The fraction of sp³-hybridized carbons (Fsp3) is 0.389. The number of likely N-dealkylation sites (tertiary alicyclic amines) is 1. The zero-order valence-corrected chi connectivity index (χ0v) is 15.3. The number of aromatic nitrogens is 2. The fourth-order valence-electron chi connectivity index (χ4n) is 3.18. The summed E-state index contributed by atoms with van der Waals surface area (Å²) in [6.07, 6.45) is 1.78. The average molecular weight is 381 g/mol. The van der Waals surface area contributed by atoms with Gasteiger partial charge in [-0.1, -0.05) is 6.92 Å². The maximum absolute atomic E-state index is 13.1. The van der Waals surface area contributed by atoms with Gasteiger partial charge in [0.25, 0.3) is 11.5 Å². The lowest BCUT2D eigenvalue weighted by Gasteiger charge is -2.37. The van der Waals surface area contributed by atoms with E-state index >= 15 is 0 Å². The van der Waals surface area contributed by atoms with Crippen LogP contribution in [0, 0.1) is 11.7 Å². The minimum atomic E-state index is -0.405. The summed E-state index contributed by atoms with van der Waals surface area (Å²) < 4.78 is 14.2. The van der Waals surface area contributed by atoms with Gasteiger partial charge in [-0.3, -0.25) is 9.59 Å². The Morgan fingerprint density at radius 3 is 2.62 bits per heavy atom.